The van der Waals surface area contributed by atoms with Crippen LogP contribution in [0.25, 0.3) is 0 Å². The van der Waals surface area contributed by atoms with Gasteiger partial charge in [0.15, 0.2) is 0 Å². The van der Waals surface area contributed by atoms with Gasteiger partial charge < -0.3 is 15.5 Å². The molecule has 20 heavy (non-hydrogen) atoms. The minimum absolute atomic E-state index is 0.0581. The van der Waals surface area contributed by atoms with E-state index in [1.165, 1.54) is 11.3 Å². The van der Waals surface area contributed by atoms with Gasteiger partial charge in [0.2, 0.25) is 5.13 Å². The second kappa shape index (κ2) is 7.75. The summed E-state index contributed by atoms with van der Waals surface area (Å²) in [5, 5.41) is 31.1. The van der Waals surface area contributed by atoms with Crippen LogP contribution in [0.4, 0.5) is 9.93 Å². The van der Waals surface area contributed by atoms with Gasteiger partial charge in [0.05, 0.1) is 0 Å². The minimum atomic E-state index is -1.20. The molecule has 0 aliphatic rings. The molecule has 9 heteroatoms. The highest BCUT2D eigenvalue weighted by Gasteiger charge is 2.19. The summed E-state index contributed by atoms with van der Waals surface area (Å²) in [6.07, 6.45) is 0.709. The Morgan fingerprint density at radius 3 is 2.60 bits per heavy atom. The van der Waals surface area contributed by atoms with Crippen LogP contribution in [0, 0.1) is 5.92 Å². The van der Waals surface area contributed by atoms with E-state index < -0.39 is 18.0 Å². The number of carbonyl (C=O) groups is 2. The molecule has 0 spiro atoms. The molecule has 1 atom stereocenters. The van der Waals surface area contributed by atoms with Crippen molar-refractivity contribution in [3.8, 4) is 0 Å². The molecule has 0 saturated carbocycles. The van der Waals surface area contributed by atoms with Crippen LogP contribution in [-0.2, 0) is 11.2 Å². The maximum atomic E-state index is 11.6. The van der Waals surface area contributed by atoms with Crippen LogP contribution in [0.3, 0.4) is 0 Å². The largest absolute Gasteiger partial charge is 0.480 e. The molecule has 0 bridgehead atoms. The Morgan fingerprint density at radius 1 is 1.35 bits per heavy atom. The number of rotatable bonds is 7. The number of nitrogens with one attached hydrogen (secondary N) is 2. The maximum Gasteiger partial charge on any atom is 0.326 e. The van der Waals surface area contributed by atoms with Crippen molar-refractivity contribution in [2.24, 2.45) is 5.92 Å². The average Bonchev–Trinajstić information content (AvgIpc) is 2.74. The number of aromatic nitrogens is 2. The number of hydrogen-bond acceptors (Lipinski definition) is 6. The van der Waals surface area contributed by atoms with Crippen LogP contribution in [-0.4, -0.2) is 45.1 Å². The third-order valence-electron chi connectivity index (χ3n) is 2.29. The van der Waals surface area contributed by atoms with E-state index in [0.717, 1.165) is 11.4 Å². The lowest BCUT2D eigenvalue weighted by molar-refractivity contribution is -0.139. The average molecular weight is 302 g/mol. The Morgan fingerprint density at radius 2 is 2.05 bits per heavy atom. The first-order chi connectivity index (χ1) is 9.42. The van der Waals surface area contributed by atoms with Crippen LogP contribution >= 0.6 is 11.3 Å². The predicted molar refractivity (Wildman–Crippen MR) is 73.7 cm³/mol. The van der Waals surface area contributed by atoms with Gasteiger partial charge in [0, 0.05) is 19.4 Å². The normalized spacial score (nSPS) is 12.2. The van der Waals surface area contributed by atoms with Crippen molar-refractivity contribution in [3.05, 3.63) is 5.01 Å². The third kappa shape index (κ3) is 5.49. The summed E-state index contributed by atoms with van der Waals surface area (Å²) in [4.78, 5) is 22.4. The Kier molecular flexibility index (Phi) is 6.32. The van der Waals surface area contributed by atoms with Crippen LogP contribution in [0.1, 0.15) is 25.3 Å². The molecule has 0 radical (unpaired) electrons. The number of anilines is 1. The van der Waals surface area contributed by atoms with Crippen molar-refractivity contribution >= 4 is 28.5 Å². The quantitative estimate of drug-likeness (QED) is 0.587. The van der Waals surface area contributed by atoms with E-state index >= 15 is 0 Å². The molecule has 1 aromatic rings. The molecule has 1 aromatic heterocycles. The van der Waals surface area contributed by atoms with Gasteiger partial charge in [-0.25, -0.2) is 9.59 Å². The summed E-state index contributed by atoms with van der Waals surface area (Å²) in [5.74, 6) is -0.766. The highest BCUT2D eigenvalue weighted by atomic mass is 32.1. The molecule has 0 unspecified atom stereocenters. The molecule has 1 heterocycles. The number of carboxylic acid groups (broad SMARTS) is 1. The molecule has 0 aliphatic carbocycles. The smallest absolute Gasteiger partial charge is 0.326 e. The third-order valence-corrected chi connectivity index (χ3v) is 3.15. The van der Waals surface area contributed by atoms with E-state index in [2.05, 4.69) is 20.8 Å². The van der Waals surface area contributed by atoms with Crippen LogP contribution in [0.2, 0.25) is 0 Å². The number of aliphatic carboxylic acids is 1. The summed E-state index contributed by atoms with van der Waals surface area (Å²) in [6.45, 7) is 3.77. The highest BCUT2D eigenvalue weighted by Crippen LogP contribution is 2.18. The number of hydrogen-bond donors (Lipinski definition) is 4. The van der Waals surface area contributed by atoms with Gasteiger partial charge in [-0.15, -0.1) is 10.2 Å². The van der Waals surface area contributed by atoms with Crippen molar-refractivity contribution in [1.82, 2.24) is 15.5 Å². The molecule has 112 valence electrons. The first-order valence-electron chi connectivity index (χ1n) is 6.16. The molecular weight excluding hydrogens is 284 g/mol. The fraction of sp³-hybridized carbons (Fsp3) is 0.636. The number of nitrogens with zero attached hydrogens (tertiary/aromatic N) is 2. The molecule has 4 N–H and O–H groups in total. The monoisotopic (exact) mass is 302 g/mol. The fourth-order valence-corrected chi connectivity index (χ4v) is 2.36. The molecule has 0 aliphatic heterocycles. The van der Waals surface area contributed by atoms with Gasteiger partial charge in [-0.1, -0.05) is 25.2 Å². The Bertz CT molecular complexity index is 463. The Hall–Kier alpha value is -1.74. The van der Waals surface area contributed by atoms with Crippen molar-refractivity contribution in [1.29, 1.82) is 0 Å². The lowest BCUT2D eigenvalue weighted by Gasteiger charge is -2.12. The van der Waals surface area contributed by atoms with E-state index in [1.54, 1.807) is 0 Å². The summed E-state index contributed by atoms with van der Waals surface area (Å²) < 4.78 is 0. The van der Waals surface area contributed by atoms with Crippen LogP contribution in [0.5, 0.6) is 0 Å². The number of aliphatic hydroxyl groups is 1. The second-order valence-electron chi connectivity index (χ2n) is 4.60. The van der Waals surface area contributed by atoms with Gasteiger partial charge in [-0.3, -0.25) is 5.32 Å². The van der Waals surface area contributed by atoms with Crippen LogP contribution < -0.4 is 10.6 Å². The zero-order chi connectivity index (χ0) is 15.1. The topological polar surface area (TPSA) is 124 Å². The molecule has 2 amide bonds. The van der Waals surface area contributed by atoms with E-state index in [9.17, 15) is 9.59 Å². The van der Waals surface area contributed by atoms with Crippen molar-refractivity contribution in [2.45, 2.75) is 32.7 Å². The molecule has 0 aromatic carbocycles. The van der Waals surface area contributed by atoms with Crippen molar-refractivity contribution in [3.63, 3.8) is 0 Å². The molecule has 8 nitrogen and oxygen atoms in total. The van der Waals surface area contributed by atoms with Crippen molar-refractivity contribution < 1.29 is 19.8 Å². The first-order valence-corrected chi connectivity index (χ1v) is 6.97. The molecule has 0 fully saturated rings. The summed E-state index contributed by atoms with van der Waals surface area (Å²) >= 11 is 1.25. The van der Waals surface area contributed by atoms with Gasteiger partial charge in [0.1, 0.15) is 11.0 Å². The highest BCUT2D eigenvalue weighted by molar-refractivity contribution is 7.15. The lowest BCUT2D eigenvalue weighted by atomic mass is 10.1. The Balaban J connectivity index is 2.52. The fourth-order valence-electron chi connectivity index (χ4n) is 1.41. The van der Waals surface area contributed by atoms with E-state index in [-0.39, 0.29) is 13.0 Å². The second-order valence-corrected chi connectivity index (χ2v) is 5.66. The van der Waals surface area contributed by atoms with Crippen molar-refractivity contribution in [2.75, 3.05) is 11.9 Å². The molecular formula is C11H18N4O4S. The molecule has 1 rings (SSSR count). The van der Waals surface area contributed by atoms with Gasteiger partial charge in [-0.2, -0.15) is 0 Å². The van der Waals surface area contributed by atoms with E-state index in [0.29, 0.717) is 11.0 Å². The number of amides is 2. The number of carbonyl (C=O) groups excluding carboxylic acids is 1. The first kappa shape index (κ1) is 16.3. The lowest BCUT2D eigenvalue weighted by Crippen LogP contribution is -2.43. The summed E-state index contributed by atoms with van der Waals surface area (Å²) in [6, 6.07) is -1.82. The van der Waals surface area contributed by atoms with E-state index in [1.807, 2.05) is 13.8 Å². The number of urea groups is 1. The molecule has 0 saturated heterocycles. The predicted octanol–water partition coefficient (Wildman–Crippen LogP) is 0.694. The maximum absolute atomic E-state index is 11.6. The zero-order valence-corrected chi connectivity index (χ0v) is 12.1. The standard InChI is InChI=1S/C11H18N4O4S/c1-6(2)5-8-14-15-11(20-8)13-10(19)12-7(3-4-16)9(17)18/h6-7,16H,3-5H2,1-2H3,(H,17,18)(H2,12,13,15,19)/t7-/m1/s1. The Labute approximate surface area is 120 Å². The van der Waals surface area contributed by atoms with Gasteiger partial charge in [0.25, 0.3) is 0 Å². The SMILES string of the molecule is CC(C)Cc1nnc(NC(=O)N[C@H](CCO)C(=O)O)s1. The number of carboxylic acids is 1. The van der Waals surface area contributed by atoms with E-state index in [4.69, 9.17) is 10.2 Å². The summed E-state index contributed by atoms with van der Waals surface area (Å²) in [7, 11) is 0. The van der Waals surface area contributed by atoms with Gasteiger partial charge >= 0.3 is 12.0 Å². The summed E-state index contributed by atoms with van der Waals surface area (Å²) in [5.41, 5.74) is 0. The minimum Gasteiger partial charge on any atom is -0.480 e. The van der Waals surface area contributed by atoms with Gasteiger partial charge in [-0.05, 0) is 5.92 Å². The number of aliphatic hydroxyl groups excluding tert-OH is 1. The van der Waals surface area contributed by atoms with Crippen LogP contribution in [0.15, 0.2) is 0 Å². The zero-order valence-electron chi connectivity index (χ0n) is 11.3.